The first-order valence-electron chi connectivity index (χ1n) is 5.87. The summed E-state index contributed by atoms with van der Waals surface area (Å²) < 4.78 is 3.04. The number of aromatic nitrogens is 2. The summed E-state index contributed by atoms with van der Waals surface area (Å²) in [6, 6.07) is 12.5. The van der Waals surface area contributed by atoms with Gasteiger partial charge in [-0.3, -0.25) is 4.40 Å². The van der Waals surface area contributed by atoms with Crippen LogP contribution in [0.1, 0.15) is 11.1 Å². The van der Waals surface area contributed by atoms with E-state index in [0.717, 1.165) is 15.9 Å². The Balaban J connectivity index is 2.38. The average Bonchev–Trinajstić information content (AvgIpc) is 2.69. The predicted octanol–water partition coefficient (Wildman–Crippen LogP) is 4.38. The van der Waals surface area contributed by atoms with Gasteiger partial charge in [-0.15, -0.1) is 0 Å². The van der Waals surface area contributed by atoms with Crippen molar-refractivity contribution in [3.8, 4) is 11.4 Å². The smallest absolute Gasteiger partial charge is 0.146 e. The highest BCUT2D eigenvalue weighted by Crippen LogP contribution is 2.29. The summed E-state index contributed by atoms with van der Waals surface area (Å²) >= 11 is 3.56. The van der Waals surface area contributed by atoms with E-state index in [1.807, 2.05) is 6.07 Å². The summed E-state index contributed by atoms with van der Waals surface area (Å²) in [5, 5.41) is 0. The Kier molecular flexibility index (Phi) is 2.71. The summed E-state index contributed by atoms with van der Waals surface area (Å²) in [4.78, 5) is 4.66. The molecule has 2 heterocycles. The molecule has 0 radical (unpaired) electrons. The van der Waals surface area contributed by atoms with Crippen molar-refractivity contribution in [2.24, 2.45) is 0 Å². The maximum absolute atomic E-state index is 4.66. The number of imidazole rings is 1. The fraction of sp³-hybridized carbons (Fsp3) is 0.133. The van der Waals surface area contributed by atoms with Gasteiger partial charge < -0.3 is 0 Å². The van der Waals surface area contributed by atoms with E-state index in [1.54, 1.807) is 0 Å². The molecule has 3 rings (SSSR count). The molecule has 0 N–H and O–H groups in total. The number of halogens is 1. The monoisotopic (exact) mass is 300 g/mol. The topological polar surface area (TPSA) is 17.3 Å². The van der Waals surface area contributed by atoms with Gasteiger partial charge in [0.2, 0.25) is 0 Å². The molecule has 0 aliphatic rings. The largest absolute Gasteiger partial charge is 0.298 e. The molecule has 90 valence electrons. The van der Waals surface area contributed by atoms with E-state index in [9.17, 15) is 0 Å². The van der Waals surface area contributed by atoms with Crippen molar-refractivity contribution in [3.63, 3.8) is 0 Å². The van der Waals surface area contributed by atoms with Crippen LogP contribution in [0.15, 0.2) is 47.2 Å². The summed E-state index contributed by atoms with van der Waals surface area (Å²) in [5.41, 5.74) is 4.76. The molecular formula is C15H13BrN2. The van der Waals surface area contributed by atoms with Crippen LogP contribution >= 0.6 is 15.9 Å². The van der Waals surface area contributed by atoms with Gasteiger partial charge in [0.15, 0.2) is 0 Å². The predicted molar refractivity (Wildman–Crippen MR) is 77.8 cm³/mol. The van der Waals surface area contributed by atoms with Gasteiger partial charge >= 0.3 is 0 Å². The van der Waals surface area contributed by atoms with Gasteiger partial charge in [-0.2, -0.15) is 0 Å². The zero-order chi connectivity index (χ0) is 12.7. The Labute approximate surface area is 114 Å². The molecule has 3 heteroatoms. The Morgan fingerprint density at radius 2 is 1.72 bits per heavy atom. The Morgan fingerprint density at radius 1 is 1.00 bits per heavy atom. The summed E-state index contributed by atoms with van der Waals surface area (Å²) in [7, 11) is 0. The molecule has 0 aliphatic carbocycles. The van der Waals surface area contributed by atoms with E-state index < -0.39 is 0 Å². The van der Waals surface area contributed by atoms with E-state index in [-0.39, 0.29) is 0 Å². The summed E-state index contributed by atoms with van der Waals surface area (Å²) in [6.45, 7) is 4.21. The lowest BCUT2D eigenvalue weighted by atomic mass is 10.1. The molecule has 0 saturated carbocycles. The number of fused-ring (bicyclic) bond motifs is 1. The molecule has 0 amide bonds. The first kappa shape index (κ1) is 11.5. The molecule has 0 atom stereocenters. The van der Waals surface area contributed by atoms with Crippen molar-refractivity contribution in [1.29, 1.82) is 0 Å². The van der Waals surface area contributed by atoms with E-state index in [1.165, 1.54) is 16.7 Å². The molecule has 18 heavy (non-hydrogen) atoms. The Bertz CT molecular complexity index is 728. The van der Waals surface area contributed by atoms with E-state index >= 15 is 0 Å². The number of hydrogen-bond donors (Lipinski definition) is 0. The van der Waals surface area contributed by atoms with Gasteiger partial charge in [0.25, 0.3) is 0 Å². The molecule has 2 aromatic heterocycles. The molecule has 0 fully saturated rings. The molecule has 0 aliphatic heterocycles. The van der Waals surface area contributed by atoms with E-state index in [2.05, 4.69) is 75.7 Å². The van der Waals surface area contributed by atoms with Crippen LogP contribution in [0.25, 0.3) is 16.9 Å². The molecule has 0 spiro atoms. The zero-order valence-corrected chi connectivity index (χ0v) is 11.9. The van der Waals surface area contributed by atoms with Crippen LogP contribution in [-0.4, -0.2) is 9.38 Å². The SMILES string of the molecule is Cc1ccccc1-c1nc(Br)c2c(C)cccn12. The van der Waals surface area contributed by atoms with Crippen molar-refractivity contribution in [3.05, 3.63) is 58.3 Å². The second-order valence-corrected chi connectivity index (χ2v) is 5.20. The minimum absolute atomic E-state index is 0.902. The van der Waals surface area contributed by atoms with Gasteiger partial charge in [0.05, 0.1) is 5.52 Å². The number of aryl methyl sites for hydroxylation is 2. The van der Waals surface area contributed by atoms with Crippen LogP contribution < -0.4 is 0 Å². The first-order chi connectivity index (χ1) is 8.68. The minimum Gasteiger partial charge on any atom is -0.298 e. The van der Waals surface area contributed by atoms with E-state index in [4.69, 9.17) is 0 Å². The summed E-state index contributed by atoms with van der Waals surface area (Å²) in [5.74, 6) is 0.985. The van der Waals surface area contributed by atoms with Crippen LogP contribution in [0.2, 0.25) is 0 Å². The third-order valence-electron chi connectivity index (χ3n) is 3.21. The van der Waals surface area contributed by atoms with Gasteiger partial charge in [0, 0.05) is 11.8 Å². The van der Waals surface area contributed by atoms with E-state index in [0.29, 0.717) is 0 Å². The minimum atomic E-state index is 0.902. The highest BCUT2D eigenvalue weighted by molar-refractivity contribution is 9.10. The van der Waals surface area contributed by atoms with Crippen LogP contribution in [-0.2, 0) is 0 Å². The second-order valence-electron chi connectivity index (χ2n) is 4.45. The molecule has 3 aromatic rings. The Morgan fingerprint density at radius 3 is 2.50 bits per heavy atom. The lowest BCUT2D eigenvalue weighted by Crippen LogP contribution is -1.92. The van der Waals surface area contributed by atoms with Crippen molar-refractivity contribution >= 4 is 21.4 Å². The second kappa shape index (κ2) is 4.25. The number of pyridine rings is 1. The van der Waals surface area contributed by atoms with Gasteiger partial charge in [-0.05, 0) is 47.0 Å². The van der Waals surface area contributed by atoms with Crippen LogP contribution in [0.4, 0.5) is 0 Å². The third-order valence-corrected chi connectivity index (χ3v) is 3.76. The number of nitrogens with zero attached hydrogens (tertiary/aromatic N) is 2. The number of benzene rings is 1. The fourth-order valence-corrected chi connectivity index (χ4v) is 2.94. The van der Waals surface area contributed by atoms with Gasteiger partial charge in [0.1, 0.15) is 10.4 Å². The molecular weight excluding hydrogens is 288 g/mol. The van der Waals surface area contributed by atoms with Gasteiger partial charge in [-0.1, -0.05) is 30.3 Å². The van der Waals surface area contributed by atoms with Crippen molar-refractivity contribution in [2.75, 3.05) is 0 Å². The molecule has 1 aromatic carbocycles. The first-order valence-corrected chi connectivity index (χ1v) is 6.67. The molecule has 2 nitrogen and oxygen atoms in total. The highest BCUT2D eigenvalue weighted by Gasteiger charge is 2.13. The lowest BCUT2D eigenvalue weighted by Gasteiger charge is -2.05. The van der Waals surface area contributed by atoms with Crippen molar-refractivity contribution < 1.29 is 0 Å². The standard InChI is InChI=1S/C15H13BrN2/c1-10-6-3-4-8-12(10)15-17-14(16)13-11(2)7-5-9-18(13)15/h3-9H,1-2H3. The summed E-state index contributed by atoms with van der Waals surface area (Å²) in [6.07, 6.45) is 2.06. The van der Waals surface area contributed by atoms with Crippen LogP contribution in [0.5, 0.6) is 0 Å². The normalized spacial score (nSPS) is 11.1. The lowest BCUT2D eigenvalue weighted by molar-refractivity contribution is 1.14. The quantitative estimate of drug-likeness (QED) is 0.652. The fourth-order valence-electron chi connectivity index (χ4n) is 2.27. The maximum Gasteiger partial charge on any atom is 0.146 e. The van der Waals surface area contributed by atoms with Crippen molar-refractivity contribution in [2.45, 2.75) is 13.8 Å². The molecule has 0 unspecified atom stereocenters. The van der Waals surface area contributed by atoms with Gasteiger partial charge in [-0.25, -0.2) is 4.98 Å². The van der Waals surface area contributed by atoms with Crippen LogP contribution in [0, 0.1) is 13.8 Å². The molecule has 0 bridgehead atoms. The maximum atomic E-state index is 4.66. The van der Waals surface area contributed by atoms with Crippen LogP contribution in [0.3, 0.4) is 0 Å². The number of rotatable bonds is 1. The zero-order valence-electron chi connectivity index (χ0n) is 10.3. The molecule has 0 saturated heterocycles. The van der Waals surface area contributed by atoms with Crippen molar-refractivity contribution in [1.82, 2.24) is 9.38 Å². The highest BCUT2D eigenvalue weighted by atomic mass is 79.9. The number of hydrogen-bond acceptors (Lipinski definition) is 1. The average molecular weight is 301 g/mol. The third kappa shape index (κ3) is 1.66. The Hall–Kier alpha value is -1.61.